The van der Waals surface area contributed by atoms with Crippen molar-refractivity contribution in [1.82, 2.24) is 15.1 Å². The molecular formula is C16H25N3S. The summed E-state index contributed by atoms with van der Waals surface area (Å²) in [4.78, 5) is 2.79. The second-order valence-electron chi connectivity index (χ2n) is 5.52. The van der Waals surface area contributed by atoms with Gasteiger partial charge in [0.2, 0.25) is 0 Å². The molecule has 2 atom stereocenters. The summed E-state index contributed by atoms with van der Waals surface area (Å²) in [6.07, 6.45) is 3.19. The number of nitrogens with one attached hydrogen (secondary N) is 1. The SMILES string of the molecule is CCC(C)n1ccc(CNC(C)c2cc(C)sc2C)n1. The predicted molar refractivity (Wildman–Crippen MR) is 86.3 cm³/mol. The molecule has 0 saturated carbocycles. The van der Waals surface area contributed by atoms with Crippen molar-refractivity contribution in [2.45, 2.75) is 59.7 Å². The molecule has 0 aliphatic heterocycles. The number of thiophene rings is 1. The molecule has 2 aromatic heterocycles. The van der Waals surface area contributed by atoms with Crippen LogP contribution in [-0.4, -0.2) is 9.78 Å². The number of hydrogen-bond acceptors (Lipinski definition) is 3. The molecule has 2 unspecified atom stereocenters. The fourth-order valence-corrected chi connectivity index (χ4v) is 3.37. The molecule has 3 nitrogen and oxygen atoms in total. The van der Waals surface area contributed by atoms with E-state index < -0.39 is 0 Å². The molecule has 2 heterocycles. The molecule has 0 aliphatic carbocycles. The van der Waals surface area contributed by atoms with E-state index in [1.54, 1.807) is 0 Å². The van der Waals surface area contributed by atoms with Gasteiger partial charge in [0.1, 0.15) is 0 Å². The van der Waals surface area contributed by atoms with Crippen molar-refractivity contribution >= 4 is 11.3 Å². The van der Waals surface area contributed by atoms with Gasteiger partial charge in [0, 0.05) is 34.6 Å². The highest BCUT2D eigenvalue weighted by Crippen LogP contribution is 2.26. The Balaban J connectivity index is 1.95. The largest absolute Gasteiger partial charge is 0.304 e. The molecule has 0 saturated heterocycles. The normalized spacial score (nSPS) is 14.4. The fraction of sp³-hybridized carbons (Fsp3) is 0.562. The Morgan fingerprint density at radius 3 is 2.70 bits per heavy atom. The molecule has 0 aromatic carbocycles. The third-order valence-electron chi connectivity index (χ3n) is 3.84. The van der Waals surface area contributed by atoms with E-state index in [0.29, 0.717) is 12.1 Å². The molecule has 2 rings (SSSR count). The van der Waals surface area contributed by atoms with Crippen molar-refractivity contribution in [3.8, 4) is 0 Å². The van der Waals surface area contributed by atoms with E-state index in [9.17, 15) is 0 Å². The molecule has 110 valence electrons. The fourth-order valence-electron chi connectivity index (χ4n) is 2.35. The summed E-state index contributed by atoms with van der Waals surface area (Å²) in [6.45, 7) is 11.8. The Morgan fingerprint density at radius 2 is 2.10 bits per heavy atom. The summed E-state index contributed by atoms with van der Waals surface area (Å²) < 4.78 is 2.06. The predicted octanol–water partition coefficient (Wildman–Crippen LogP) is 4.38. The summed E-state index contributed by atoms with van der Waals surface area (Å²) in [5.41, 5.74) is 2.52. The second kappa shape index (κ2) is 6.55. The average Bonchev–Trinajstić information content (AvgIpc) is 3.01. The molecule has 0 radical (unpaired) electrons. The van der Waals surface area contributed by atoms with E-state index in [1.807, 2.05) is 11.3 Å². The van der Waals surface area contributed by atoms with Crippen LogP contribution in [0.25, 0.3) is 0 Å². The molecule has 0 amide bonds. The third-order valence-corrected chi connectivity index (χ3v) is 4.82. The Hall–Kier alpha value is -1.13. The molecule has 0 spiro atoms. The quantitative estimate of drug-likeness (QED) is 0.855. The van der Waals surface area contributed by atoms with Gasteiger partial charge in [-0.2, -0.15) is 5.10 Å². The van der Waals surface area contributed by atoms with Crippen molar-refractivity contribution in [3.05, 3.63) is 39.3 Å². The van der Waals surface area contributed by atoms with Gasteiger partial charge in [-0.15, -0.1) is 11.3 Å². The minimum Gasteiger partial charge on any atom is -0.304 e. The first-order valence-corrected chi connectivity index (χ1v) is 8.17. The van der Waals surface area contributed by atoms with Gasteiger partial charge in [-0.3, -0.25) is 4.68 Å². The van der Waals surface area contributed by atoms with Crippen molar-refractivity contribution < 1.29 is 0 Å². The summed E-state index contributed by atoms with van der Waals surface area (Å²) in [7, 11) is 0. The molecule has 0 aliphatic rings. The summed E-state index contributed by atoms with van der Waals surface area (Å²) in [6, 6.07) is 5.24. The highest BCUT2D eigenvalue weighted by molar-refractivity contribution is 7.12. The van der Waals surface area contributed by atoms with Gasteiger partial charge < -0.3 is 5.32 Å². The van der Waals surface area contributed by atoms with E-state index in [1.165, 1.54) is 15.3 Å². The average molecular weight is 291 g/mol. The maximum Gasteiger partial charge on any atom is 0.0762 e. The standard InChI is InChI=1S/C16H25N3S/c1-6-11(2)19-8-7-15(18-19)10-17-13(4)16-9-12(3)20-14(16)5/h7-9,11,13,17H,6,10H2,1-5H3. The van der Waals surface area contributed by atoms with Crippen molar-refractivity contribution in [1.29, 1.82) is 0 Å². The molecule has 0 bridgehead atoms. The Morgan fingerprint density at radius 1 is 1.35 bits per heavy atom. The maximum atomic E-state index is 4.63. The van der Waals surface area contributed by atoms with E-state index in [-0.39, 0.29) is 0 Å². The first-order valence-electron chi connectivity index (χ1n) is 7.35. The molecule has 20 heavy (non-hydrogen) atoms. The maximum absolute atomic E-state index is 4.63. The van der Waals surface area contributed by atoms with Crippen LogP contribution < -0.4 is 5.32 Å². The van der Waals surface area contributed by atoms with Gasteiger partial charge in [-0.25, -0.2) is 0 Å². The lowest BCUT2D eigenvalue weighted by atomic mass is 10.1. The van der Waals surface area contributed by atoms with Crippen LogP contribution in [0.2, 0.25) is 0 Å². The lowest BCUT2D eigenvalue weighted by molar-refractivity contribution is 0.468. The minimum atomic E-state index is 0.369. The van der Waals surface area contributed by atoms with E-state index in [4.69, 9.17) is 0 Å². The van der Waals surface area contributed by atoms with Crippen LogP contribution in [0.3, 0.4) is 0 Å². The Bertz CT molecular complexity index is 556. The molecule has 1 N–H and O–H groups in total. The lowest BCUT2D eigenvalue weighted by Crippen LogP contribution is -2.19. The molecule has 4 heteroatoms. The van der Waals surface area contributed by atoms with Crippen LogP contribution >= 0.6 is 11.3 Å². The molecular weight excluding hydrogens is 266 g/mol. The monoisotopic (exact) mass is 291 g/mol. The summed E-state index contributed by atoms with van der Waals surface area (Å²) in [5, 5.41) is 8.20. The van der Waals surface area contributed by atoms with Crippen LogP contribution in [-0.2, 0) is 6.54 Å². The number of rotatable bonds is 6. The molecule has 2 aromatic rings. The van der Waals surface area contributed by atoms with E-state index in [2.05, 4.69) is 68.0 Å². The smallest absolute Gasteiger partial charge is 0.0762 e. The summed E-state index contributed by atoms with van der Waals surface area (Å²) in [5.74, 6) is 0. The Kier molecular flexibility index (Phi) is 5.00. The van der Waals surface area contributed by atoms with Crippen LogP contribution in [0.4, 0.5) is 0 Å². The van der Waals surface area contributed by atoms with Gasteiger partial charge >= 0.3 is 0 Å². The van der Waals surface area contributed by atoms with Gasteiger partial charge in [0.25, 0.3) is 0 Å². The van der Waals surface area contributed by atoms with Gasteiger partial charge in [0.05, 0.1) is 5.69 Å². The van der Waals surface area contributed by atoms with Gasteiger partial charge in [-0.05, 0) is 51.8 Å². The van der Waals surface area contributed by atoms with E-state index in [0.717, 1.165) is 18.7 Å². The van der Waals surface area contributed by atoms with Crippen LogP contribution in [0.1, 0.15) is 60.3 Å². The third kappa shape index (κ3) is 3.49. The highest BCUT2D eigenvalue weighted by Gasteiger charge is 2.11. The number of hydrogen-bond donors (Lipinski definition) is 1. The van der Waals surface area contributed by atoms with E-state index >= 15 is 0 Å². The van der Waals surface area contributed by atoms with Crippen LogP contribution in [0, 0.1) is 13.8 Å². The zero-order valence-corrected chi connectivity index (χ0v) is 13.9. The second-order valence-corrected chi connectivity index (χ2v) is 6.98. The first kappa shape index (κ1) is 15.3. The van der Waals surface area contributed by atoms with Crippen LogP contribution in [0.15, 0.2) is 18.3 Å². The number of nitrogens with zero attached hydrogens (tertiary/aromatic N) is 2. The number of aromatic nitrogens is 2. The molecule has 0 fully saturated rings. The number of aryl methyl sites for hydroxylation is 2. The Labute approximate surface area is 126 Å². The zero-order valence-electron chi connectivity index (χ0n) is 13.1. The van der Waals surface area contributed by atoms with Crippen LogP contribution in [0.5, 0.6) is 0 Å². The zero-order chi connectivity index (χ0) is 14.7. The topological polar surface area (TPSA) is 29.9 Å². The first-order chi connectivity index (χ1) is 9.51. The summed E-state index contributed by atoms with van der Waals surface area (Å²) >= 11 is 1.87. The van der Waals surface area contributed by atoms with Crippen molar-refractivity contribution in [2.24, 2.45) is 0 Å². The van der Waals surface area contributed by atoms with Crippen molar-refractivity contribution in [2.75, 3.05) is 0 Å². The minimum absolute atomic E-state index is 0.369. The van der Waals surface area contributed by atoms with Crippen molar-refractivity contribution in [3.63, 3.8) is 0 Å². The van der Waals surface area contributed by atoms with Gasteiger partial charge in [-0.1, -0.05) is 6.92 Å². The van der Waals surface area contributed by atoms with Gasteiger partial charge in [0.15, 0.2) is 0 Å². The lowest BCUT2D eigenvalue weighted by Gasteiger charge is -2.13. The highest BCUT2D eigenvalue weighted by atomic mass is 32.1.